The van der Waals surface area contributed by atoms with Gasteiger partial charge in [-0.15, -0.1) is 0 Å². The van der Waals surface area contributed by atoms with Crippen molar-refractivity contribution in [2.75, 3.05) is 0 Å². The molecule has 2 nitrogen and oxygen atoms in total. The zero-order valence-electron chi connectivity index (χ0n) is 10.7. The van der Waals surface area contributed by atoms with Crippen LogP contribution in [-0.4, -0.2) is 6.10 Å². The summed E-state index contributed by atoms with van der Waals surface area (Å²) in [7, 11) is 0. The van der Waals surface area contributed by atoms with E-state index >= 15 is 0 Å². The highest BCUT2D eigenvalue weighted by molar-refractivity contribution is 5.30. The SMILES string of the molecule is C#COOC1CC(C)C=C2C=CC(C)C(C)C21. The van der Waals surface area contributed by atoms with Crippen LogP contribution in [0.25, 0.3) is 0 Å². The molecule has 0 saturated heterocycles. The topological polar surface area (TPSA) is 18.5 Å². The molecule has 0 aromatic rings. The average Bonchev–Trinajstić information content (AvgIpc) is 2.30. The lowest BCUT2D eigenvalue weighted by Gasteiger charge is -2.40. The fraction of sp³-hybridized carbons (Fsp3) is 0.600. The third-order valence-electron chi connectivity index (χ3n) is 4.07. The molecule has 0 spiro atoms. The molecule has 2 rings (SSSR count). The molecule has 0 heterocycles. The first-order valence-corrected chi connectivity index (χ1v) is 6.31. The van der Waals surface area contributed by atoms with Crippen molar-refractivity contribution in [3.63, 3.8) is 0 Å². The van der Waals surface area contributed by atoms with Crippen molar-refractivity contribution in [1.82, 2.24) is 0 Å². The summed E-state index contributed by atoms with van der Waals surface area (Å²) < 4.78 is 0. The van der Waals surface area contributed by atoms with E-state index in [9.17, 15) is 0 Å². The van der Waals surface area contributed by atoms with Gasteiger partial charge in [0, 0.05) is 5.92 Å². The van der Waals surface area contributed by atoms with Crippen LogP contribution >= 0.6 is 0 Å². The monoisotopic (exact) mass is 232 g/mol. The molecule has 17 heavy (non-hydrogen) atoms. The Balaban J connectivity index is 2.23. The molecule has 0 amide bonds. The van der Waals surface area contributed by atoms with Gasteiger partial charge in [0.15, 0.2) is 6.11 Å². The molecule has 0 aliphatic heterocycles. The van der Waals surface area contributed by atoms with E-state index < -0.39 is 0 Å². The van der Waals surface area contributed by atoms with Gasteiger partial charge in [0.25, 0.3) is 0 Å². The quantitative estimate of drug-likeness (QED) is 0.413. The Morgan fingerprint density at radius 1 is 1.35 bits per heavy atom. The summed E-state index contributed by atoms with van der Waals surface area (Å²) in [5.41, 5.74) is 1.37. The van der Waals surface area contributed by atoms with Crippen LogP contribution in [-0.2, 0) is 9.78 Å². The molecule has 2 heteroatoms. The smallest absolute Gasteiger partial charge is 0.153 e. The number of fused-ring (bicyclic) bond motifs is 1. The number of terminal acetylenes is 1. The Bertz CT molecular complexity index is 375. The summed E-state index contributed by atoms with van der Waals surface area (Å²) in [6.07, 6.45) is 15.1. The third-order valence-corrected chi connectivity index (χ3v) is 4.07. The number of allylic oxidation sites excluding steroid dienone is 3. The van der Waals surface area contributed by atoms with Crippen LogP contribution in [0, 0.1) is 36.2 Å². The zero-order chi connectivity index (χ0) is 12.4. The molecule has 92 valence electrons. The molecule has 0 bridgehead atoms. The molecule has 0 saturated carbocycles. The molecule has 0 radical (unpaired) electrons. The maximum atomic E-state index is 5.38. The summed E-state index contributed by atoms with van der Waals surface area (Å²) in [5, 5.41) is 0. The normalized spacial score (nSPS) is 40.1. The van der Waals surface area contributed by atoms with E-state index in [0.29, 0.717) is 23.7 Å². The summed E-state index contributed by atoms with van der Waals surface area (Å²) >= 11 is 0. The Hall–Kier alpha value is -1.20. The van der Waals surface area contributed by atoms with E-state index in [-0.39, 0.29) is 6.10 Å². The van der Waals surface area contributed by atoms with Crippen molar-refractivity contribution in [1.29, 1.82) is 0 Å². The largest absolute Gasteiger partial charge is 0.282 e. The van der Waals surface area contributed by atoms with Crippen molar-refractivity contribution in [2.24, 2.45) is 23.7 Å². The van der Waals surface area contributed by atoms with Crippen LogP contribution in [0.4, 0.5) is 0 Å². The molecule has 5 atom stereocenters. The van der Waals surface area contributed by atoms with Crippen molar-refractivity contribution >= 4 is 0 Å². The van der Waals surface area contributed by atoms with Gasteiger partial charge in [-0.3, -0.25) is 4.89 Å². The molecule has 5 unspecified atom stereocenters. The number of hydrogen-bond acceptors (Lipinski definition) is 2. The molecule has 0 aromatic carbocycles. The fourth-order valence-electron chi connectivity index (χ4n) is 3.00. The lowest BCUT2D eigenvalue weighted by Crippen LogP contribution is -2.38. The van der Waals surface area contributed by atoms with Gasteiger partial charge < -0.3 is 0 Å². The van der Waals surface area contributed by atoms with E-state index in [1.165, 1.54) is 5.57 Å². The molecule has 0 fully saturated rings. The second-order valence-electron chi connectivity index (χ2n) is 5.32. The lowest BCUT2D eigenvalue weighted by atomic mass is 9.68. The minimum atomic E-state index is 0.0726. The maximum Gasteiger partial charge on any atom is 0.153 e. The maximum absolute atomic E-state index is 5.38. The van der Waals surface area contributed by atoms with Gasteiger partial charge in [-0.05, 0) is 29.7 Å². The Labute approximate surface area is 104 Å². The van der Waals surface area contributed by atoms with Gasteiger partial charge in [-0.1, -0.05) is 45.4 Å². The van der Waals surface area contributed by atoms with Crippen molar-refractivity contribution in [3.05, 3.63) is 23.8 Å². The van der Waals surface area contributed by atoms with Gasteiger partial charge in [0.1, 0.15) is 6.10 Å². The molecule has 2 aliphatic carbocycles. The standard InChI is InChI=1S/C15H20O2/c1-5-16-17-14-9-10(2)8-13-7-6-11(3)12(4)15(13)14/h1,6-8,10-12,14-15H,9H2,2-4H3. The number of rotatable bonds is 2. The fourth-order valence-corrected chi connectivity index (χ4v) is 3.00. The Morgan fingerprint density at radius 3 is 2.82 bits per heavy atom. The summed E-state index contributed by atoms with van der Waals surface area (Å²) in [6, 6.07) is 0. The zero-order valence-corrected chi connectivity index (χ0v) is 10.7. The van der Waals surface area contributed by atoms with E-state index in [4.69, 9.17) is 16.2 Å². The van der Waals surface area contributed by atoms with Crippen LogP contribution < -0.4 is 0 Å². The van der Waals surface area contributed by atoms with Crippen LogP contribution in [0.1, 0.15) is 27.2 Å². The third kappa shape index (κ3) is 2.40. The minimum Gasteiger partial charge on any atom is -0.282 e. The van der Waals surface area contributed by atoms with Crippen LogP contribution in [0.5, 0.6) is 0 Å². The second-order valence-corrected chi connectivity index (χ2v) is 5.32. The first-order valence-electron chi connectivity index (χ1n) is 6.31. The van der Waals surface area contributed by atoms with Crippen LogP contribution in [0.15, 0.2) is 23.8 Å². The molecular formula is C15H20O2. The van der Waals surface area contributed by atoms with E-state index in [1.807, 2.05) is 0 Å². The van der Waals surface area contributed by atoms with E-state index in [0.717, 1.165) is 6.42 Å². The summed E-state index contributed by atoms with van der Waals surface area (Å²) in [4.78, 5) is 10.1. The molecule has 0 N–H and O–H groups in total. The lowest BCUT2D eigenvalue weighted by molar-refractivity contribution is -0.288. The highest BCUT2D eigenvalue weighted by Gasteiger charge is 2.38. The van der Waals surface area contributed by atoms with Gasteiger partial charge in [0.2, 0.25) is 0 Å². The van der Waals surface area contributed by atoms with Gasteiger partial charge in [0.05, 0.1) is 0 Å². The van der Waals surface area contributed by atoms with Crippen molar-refractivity contribution in [3.8, 4) is 12.5 Å². The van der Waals surface area contributed by atoms with Crippen molar-refractivity contribution in [2.45, 2.75) is 33.3 Å². The first-order chi connectivity index (χ1) is 8.13. The first kappa shape index (κ1) is 12.3. The highest BCUT2D eigenvalue weighted by Crippen LogP contribution is 2.42. The molecule has 2 aliphatic rings. The summed E-state index contributed by atoms with van der Waals surface area (Å²) in [6.45, 7) is 6.72. The van der Waals surface area contributed by atoms with E-state index in [2.05, 4.69) is 45.1 Å². The highest BCUT2D eigenvalue weighted by atomic mass is 17.2. The van der Waals surface area contributed by atoms with Gasteiger partial charge >= 0.3 is 0 Å². The predicted octanol–water partition coefficient (Wildman–Crippen LogP) is 3.32. The van der Waals surface area contributed by atoms with Gasteiger partial charge in [-0.2, -0.15) is 4.89 Å². The summed E-state index contributed by atoms with van der Waals surface area (Å²) in [5.74, 6) is 2.05. The number of hydrogen-bond donors (Lipinski definition) is 0. The minimum absolute atomic E-state index is 0.0726. The predicted molar refractivity (Wildman–Crippen MR) is 67.6 cm³/mol. The van der Waals surface area contributed by atoms with E-state index in [1.54, 1.807) is 0 Å². The Morgan fingerprint density at radius 2 is 2.12 bits per heavy atom. The van der Waals surface area contributed by atoms with Crippen LogP contribution in [0.2, 0.25) is 0 Å². The van der Waals surface area contributed by atoms with Crippen LogP contribution in [0.3, 0.4) is 0 Å². The average molecular weight is 232 g/mol. The second kappa shape index (κ2) is 4.98. The van der Waals surface area contributed by atoms with Gasteiger partial charge in [-0.25, -0.2) is 0 Å². The van der Waals surface area contributed by atoms with Crippen molar-refractivity contribution < 1.29 is 9.78 Å². The molecule has 0 aromatic heterocycles. The molecular weight excluding hydrogens is 212 g/mol. The Kier molecular flexibility index (Phi) is 3.59.